The van der Waals surface area contributed by atoms with E-state index in [-0.39, 0.29) is 31.5 Å². The van der Waals surface area contributed by atoms with Gasteiger partial charge in [-0.15, -0.1) is 0 Å². The molecule has 1 atom stereocenters. The van der Waals surface area contributed by atoms with Gasteiger partial charge in [-0.2, -0.15) is 23.3 Å². The molecule has 2 rings (SSSR count). The summed E-state index contributed by atoms with van der Waals surface area (Å²) < 4.78 is 44.2. The summed E-state index contributed by atoms with van der Waals surface area (Å²) in [6.45, 7) is 0.424. The fraction of sp³-hybridized carbons (Fsp3) is 0.385. The highest BCUT2D eigenvalue weighted by Crippen LogP contribution is 2.40. The van der Waals surface area contributed by atoms with E-state index in [1.807, 2.05) is 0 Å². The summed E-state index contributed by atoms with van der Waals surface area (Å²) >= 11 is 17.4. The van der Waals surface area contributed by atoms with Crippen LogP contribution in [0.2, 0.25) is 15.1 Å². The van der Waals surface area contributed by atoms with Crippen molar-refractivity contribution in [1.82, 2.24) is 5.01 Å². The van der Waals surface area contributed by atoms with Crippen molar-refractivity contribution in [3.8, 4) is 5.75 Å². The maximum absolute atomic E-state index is 13.0. The number of amides is 1. The van der Waals surface area contributed by atoms with Crippen molar-refractivity contribution in [2.45, 2.75) is 25.2 Å². The Labute approximate surface area is 149 Å². The zero-order valence-corrected chi connectivity index (χ0v) is 14.3. The minimum Gasteiger partial charge on any atom is -0.482 e. The molecule has 1 aromatic rings. The molecule has 1 aliphatic rings. The van der Waals surface area contributed by atoms with Crippen LogP contribution in [0.5, 0.6) is 5.75 Å². The number of benzene rings is 1. The van der Waals surface area contributed by atoms with Crippen molar-refractivity contribution in [1.29, 1.82) is 0 Å². The first kappa shape index (κ1) is 19.1. The second kappa shape index (κ2) is 6.59. The summed E-state index contributed by atoms with van der Waals surface area (Å²) in [5.74, 6) is -1.25. The predicted octanol–water partition coefficient (Wildman–Crippen LogP) is 3.88. The molecule has 0 aromatic heterocycles. The largest absolute Gasteiger partial charge is 0.482 e. The number of hydrogen-bond acceptors (Lipinski definition) is 4. The lowest BCUT2D eigenvalue weighted by Gasteiger charge is -2.32. The first-order chi connectivity index (χ1) is 11.0. The lowest BCUT2D eigenvalue weighted by atomic mass is 10.1. The van der Waals surface area contributed by atoms with E-state index in [4.69, 9.17) is 39.5 Å². The van der Waals surface area contributed by atoms with Crippen LogP contribution in [0.15, 0.2) is 17.2 Å². The monoisotopic (exact) mass is 404 g/mol. The highest BCUT2D eigenvalue weighted by atomic mass is 35.5. The number of alkyl halides is 3. The number of ether oxygens (including phenoxy) is 1. The molecule has 0 radical (unpaired) electrons. The first-order valence-corrected chi connectivity index (χ1v) is 7.52. The zero-order valence-electron chi connectivity index (χ0n) is 12.0. The van der Waals surface area contributed by atoms with Gasteiger partial charge in [0.2, 0.25) is 0 Å². The number of hydrazone groups is 1. The van der Waals surface area contributed by atoms with Crippen molar-refractivity contribution in [3.63, 3.8) is 0 Å². The van der Waals surface area contributed by atoms with Crippen LogP contribution in [0.25, 0.3) is 0 Å². The number of nitrogens with zero attached hydrogens (tertiary/aromatic N) is 2. The number of hydrogen-bond donors (Lipinski definition) is 1. The van der Waals surface area contributed by atoms with Gasteiger partial charge in [0.05, 0.1) is 15.1 Å². The van der Waals surface area contributed by atoms with E-state index in [2.05, 4.69) is 5.10 Å². The Balaban J connectivity index is 2.16. The number of halogens is 6. The Morgan fingerprint density at radius 2 is 1.92 bits per heavy atom. The third-order valence-corrected chi connectivity index (χ3v) is 4.16. The molecule has 0 fully saturated rings. The third-order valence-electron chi connectivity index (χ3n) is 3.14. The lowest BCUT2D eigenvalue weighted by molar-refractivity contribution is -0.302. The van der Waals surface area contributed by atoms with Crippen LogP contribution in [-0.4, -0.2) is 40.2 Å². The smallest absolute Gasteiger partial charge is 0.438 e. The summed E-state index contributed by atoms with van der Waals surface area (Å²) in [4.78, 5) is 12.0. The van der Waals surface area contributed by atoms with Crippen molar-refractivity contribution >= 4 is 46.4 Å². The molecule has 1 aromatic carbocycles. The molecule has 11 heteroatoms. The summed E-state index contributed by atoms with van der Waals surface area (Å²) in [5, 5.41) is 13.5. The SMILES string of the molecule is CC1=NN(C(=O)COc2cc(Cl)c(Cl)cc2Cl)[C@@](O)(C(F)(F)F)C1. The molecular weight excluding hydrogens is 396 g/mol. The second-order valence-corrected chi connectivity index (χ2v) is 6.24. The molecule has 0 spiro atoms. The topological polar surface area (TPSA) is 62.1 Å². The zero-order chi connectivity index (χ0) is 18.3. The minimum absolute atomic E-state index is 0.0180. The van der Waals surface area contributed by atoms with Gasteiger partial charge in [-0.25, -0.2) is 0 Å². The van der Waals surface area contributed by atoms with Gasteiger partial charge in [-0.1, -0.05) is 34.8 Å². The lowest BCUT2D eigenvalue weighted by Crippen LogP contribution is -2.57. The molecular formula is C13H10Cl3F3N2O3. The average Bonchev–Trinajstić information content (AvgIpc) is 2.77. The van der Waals surface area contributed by atoms with Gasteiger partial charge in [-0.3, -0.25) is 4.79 Å². The highest BCUT2D eigenvalue weighted by Gasteiger charge is 2.62. The molecule has 0 aliphatic carbocycles. The Hall–Kier alpha value is -1.22. The standard InChI is InChI=1S/C13H10Cl3F3N2O3/c1-6-4-12(23,13(17,18)19)21(20-6)11(22)5-24-10-3-8(15)7(14)2-9(10)16/h2-3,23H,4-5H2,1H3/t12-/m0/s1. The van der Waals surface area contributed by atoms with E-state index in [9.17, 15) is 23.1 Å². The van der Waals surface area contributed by atoms with Gasteiger partial charge in [-0.05, 0) is 13.0 Å². The molecule has 1 amide bonds. The van der Waals surface area contributed by atoms with E-state index >= 15 is 0 Å². The predicted molar refractivity (Wildman–Crippen MR) is 82.5 cm³/mol. The van der Waals surface area contributed by atoms with Crippen LogP contribution in [-0.2, 0) is 4.79 Å². The number of carbonyl (C=O) groups excluding carboxylic acids is 1. The minimum atomic E-state index is -5.08. The normalized spacial score (nSPS) is 21.0. The van der Waals surface area contributed by atoms with Crippen LogP contribution >= 0.6 is 34.8 Å². The molecule has 0 saturated heterocycles. The van der Waals surface area contributed by atoms with E-state index in [0.29, 0.717) is 0 Å². The molecule has 132 valence electrons. The molecule has 5 nitrogen and oxygen atoms in total. The quantitative estimate of drug-likeness (QED) is 0.776. The molecule has 0 unspecified atom stereocenters. The van der Waals surface area contributed by atoms with Gasteiger partial charge < -0.3 is 9.84 Å². The summed E-state index contributed by atoms with van der Waals surface area (Å²) in [6.07, 6.45) is -5.92. The van der Waals surface area contributed by atoms with Gasteiger partial charge in [0.1, 0.15) is 5.75 Å². The van der Waals surface area contributed by atoms with Crippen molar-refractivity contribution in [2.75, 3.05) is 6.61 Å². The maximum Gasteiger partial charge on any atom is 0.438 e. The number of rotatable bonds is 3. The first-order valence-electron chi connectivity index (χ1n) is 6.39. The average molecular weight is 406 g/mol. The Morgan fingerprint density at radius 3 is 2.50 bits per heavy atom. The second-order valence-electron chi connectivity index (χ2n) is 5.02. The highest BCUT2D eigenvalue weighted by molar-refractivity contribution is 6.43. The van der Waals surface area contributed by atoms with Crippen LogP contribution in [0, 0.1) is 0 Å². The van der Waals surface area contributed by atoms with Crippen molar-refractivity contribution in [3.05, 3.63) is 27.2 Å². The third kappa shape index (κ3) is 3.56. The van der Waals surface area contributed by atoms with Gasteiger partial charge in [0.25, 0.3) is 11.6 Å². The number of aliphatic hydroxyl groups is 1. The van der Waals surface area contributed by atoms with Crippen molar-refractivity contribution in [2.24, 2.45) is 5.10 Å². The fourth-order valence-electron chi connectivity index (χ4n) is 2.02. The van der Waals surface area contributed by atoms with Crippen molar-refractivity contribution < 1.29 is 27.8 Å². The molecule has 24 heavy (non-hydrogen) atoms. The summed E-state index contributed by atoms with van der Waals surface area (Å²) in [7, 11) is 0. The molecule has 0 bridgehead atoms. The molecule has 1 heterocycles. The van der Waals surface area contributed by atoms with E-state index in [1.54, 1.807) is 0 Å². The van der Waals surface area contributed by atoms with Crippen LogP contribution < -0.4 is 4.74 Å². The van der Waals surface area contributed by atoms with Gasteiger partial charge >= 0.3 is 6.18 Å². The summed E-state index contributed by atoms with van der Waals surface area (Å²) in [6, 6.07) is 2.48. The van der Waals surface area contributed by atoms with E-state index < -0.39 is 30.8 Å². The Morgan fingerprint density at radius 1 is 1.33 bits per heavy atom. The maximum atomic E-state index is 13.0. The fourth-order valence-corrected chi connectivity index (χ4v) is 2.61. The van der Waals surface area contributed by atoms with Gasteiger partial charge in [0, 0.05) is 18.2 Å². The molecule has 1 N–H and O–H groups in total. The van der Waals surface area contributed by atoms with E-state index in [1.165, 1.54) is 19.1 Å². The number of carbonyl (C=O) groups is 1. The van der Waals surface area contributed by atoms with Crippen LogP contribution in [0.1, 0.15) is 13.3 Å². The summed E-state index contributed by atoms with van der Waals surface area (Å²) in [5.41, 5.74) is -3.45. The van der Waals surface area contributed by atoms with Crippen LogP contribution in [0.3, 0.4) is 0 Å². The Kier molecular flexibility index (Phi) is 5.25. The Bertz CT molecular complexity index is 712. The van der Waals surface area contributed by atoms with Gasteiger partial charge in [0.15, 0.2) is 6.61 Å². The molecule has 1 aliphatic heterocycles. The van der Waals surface area contributed by atoms with Crippen LogP contribution in [0.4, 0.5) is 13.2 Å². The molecule has 0 saturated carbocycles. The van der Waals surface area contributed by atoms with E-state index in [0.717, 1.165) is 0 Å².